The Morgan fingerprint density at radius 3 is 2.96 bits per heavy atom. The first-order valence-corrected chi connectivity index (χ1v) is 9.75. The van der Waals surface area contributed by atoms with Gasteiger partial charge in [0.2, 0.25) is 5.91 Å². The van der Waals surface area contributed by atoms with E-state index in [0.29, 0.717) is 5.13 Å². The summed E-state index contributed by atoms with van der Waals surface area (Å²) in [4.78, 5) is 24.8. The van der Waals surface area contributed by atoms with Crippen LogP contribution in [0, 0.1) is 19.8 Å². The molecule has 134 valence electrons. The number of rotatable bonds is 3. The molecule has 0 spiro atoms. The number of amides is 1. The summed E-state index contributed by atoms with van der Waals surface area (Å²) in [7, 11) is 0. The molecular weight excluding hydrogens is 344 g/mol. The normalized spacial score (nSPS) is 17.5. The fraction of sp³-hybridized carbons (Fsp3) is 0.350. The van der Waals surface area contributed by atoms with Crippen molar-refractivity contribution in [2.24, 2.45) is 5.92 Å². The predicted octanol–water partition coefficient (Wildman–Crippen LogP) is 4.16. The van der Waals surface area contributed by atoms with Gasteiger partial charge < -0.3 is 10.2 Å². The Morgan fingerprint density at radius 1 is 1.27 bits per heavy atom. The standard InChI is InChI=1S/C20H22N4OS/c1-13-5-6-17-16(10-13)18(7-8-21-17)24-9-3-4-15(12-24)19(25)23-20-22-11-14(2)26-20/h5-8,10-11,15H,3-4,9,12H2,1-2H3,(H,22,23,25). The third-order valence-corrected chi connectivity index (χ3v) is 5.69. The van der Waals surface area contributed by atoms with Crippen molar-refractivity contribution in [2.75, 3.05) is 23.3 Å². The minimum absolute atomic E-state index is 0.0269. The van der Waals surface area contributed by atoms with Crippen LogP contribution in [0.1, 0.15) is 23.3 Å². The summed E-state index contributed by atoms with van der Waals surface area (Å²) in [5.74, 6) is 0.0413. The number of carbonyl (C=O) groups excluding carboxylic acids is 1. The Hall–Kier alpha value is -2.47. The minimum atomic E-state index is -0.0269. The van der Waals surface area contributed by atoms with Gasteiger partial charge in [0.05, 0.1) is 11.4 Å². The van der Waals surface area contributed by atoms with Crippen molar-refractivity contribution in [1.82, 2.24) is 9.97 Å². The fourth-order valence-corrected chi connectivity index (χ4v) is 4.22. The molecule has 1 N–H and O–H groups in total. The van der Waals surface area contributed by atoms with E-state index in [1.54, 1.807) is 6.20 Å². The van der Waals surface area contributed by atoms with Crippen LogP contribution in [0.2, 0.25) is 0 Å². The third kappa shape index (κ3) is 3.42. The minimum Gasteiger partial charge on any atom is -0.370 e. The van der Waals surface area contributed by atoms with Crippen molar-refractivity contribution in [3.8, 4) is 0 Å². The third-order valence-electron chi connectivity index (χ3n) is 4.86. The van der Waals surface area contributed by atoms with Gasteiger partial charge in [0.15, 0.2) is 5.13 Å². The van der Waals surface area contributed by atoms with Crippen LogP contribution >= 0.6 is 11.3 Å². The topological polar surface area (TPSA) is 58.1 Å². The van der Waals surface area contributed by atoms with Crippen molar-refractivity contribution >= 4 is 39.0 Å². The molecule has 1 fully saturated rings. The molecule has 3 heterocycles. The number of nitrogens with one attached hydrogen (secondary N) is 1. The van der Waals surface area contributed by atoms with Gasteiger partial charge in [-0.1, -0.05) is 11.6 Å². The lowest BCUT2D eigenvalue weighted by molar-refractivity contribution is -0.120. The van der Waals surface area contributed by atoms with Crippen molar-refractivity contribution in [3.63, 3.8) is 0 Å². The number of carbonyl (C=O) groups is 1. The molecule has 1 unspecified atom stereocenters. The Morgan fingerprint density at radius 2 is 2.15 bits per heavy atom. The highest BCUT2D eigenvalue weighted by atomic mass is 32.1. The van der Waals surface area contributed by atoms with Gasteiger partial charge >= 0.3 is 0 Å². The SMILES string of the molecule is Cc1ccc2nccc(N3CCCC(C(=O)Nc4ncc(C)s4)C3)c2c1. The Balaban J connectivity index is 1.55. The molecule has 1 amide bonds. The van der Waals surface area contributed by atoms with E-state index in [2.05, 4.69) is 51.4 Å². The zero-order valence-electron chi connectivity index (χ0n) is 15.0. The lowest BCUT2D eigenvalue weighted by Crippen LogP contribution is -2.40. The number of nitrogens with zero attached hydrogens (tertiary/aromatic N) is 3. The maximum Gasteiger partial charge on any atom is 0.231 e. The molecule has 4 rings (SSSR count). The molecule has 3 aromatic rings. The van der Waals surface area contributed by atoms with Gasteiger partial charge in [0.1, 0.15) is 0 Å². The van der Waals surface area contributed by atoms with Crippen LogP contribution in [0.15, 0.2) is 36.7 Å². The highest BCUT2D eigenvalue weighted by Crippen LogP contribution is 2.30. The van der Waals surface area contributed by atoms with Crippen LogP contribution in [-0.4, -0.2) is 29.0 Å². The van der Waals surface area contributed by atoms with Crippen LogP contribution in [-0.2, 0) is 4.79 Å². The molecule has 1 aliphatic rings. The summed E-state index contributed by atoms with van der Waals surface area (Å²) < 4.78 is 0. The quantitative estimate of drug-likeness (QED) is 0.756. The van der Waals surface area contributed by atoms with E-state index in [0.717, 1.165) is 41.7 Å². The lowest BCUT2D eigenvalue weighted by Gasteiger charge is -2.34. The summed E-state index contributed by atoms with van der Waals surface area (Å²) in [5.41, 5.74) is 3.39. The van der Waals surface area contributed by atoms with E-state index >= 15 is 0 Å². The van der Waals surface area contributed by atoms with Crippen molar-refractivity contribution in [3.05, 3.63) is 47.1 Å². The number of fused-ring (bicyclic) bond motifs is 1. The average Bonchev–Trinajstić information content (AvgIpc) is 3.06. The maximum atomic E-state index is 12.7. The first kappa shape index (κ1) is 17.0. The smallest absolute Gasteiger partial charge is 0.231 e. The van der Waals surface area contributed by atoms with Gasteiger partial charge in [0, 0.05) is 41.4 Å². The lowest BCUT2D eigenvalue weighted by atomic mass is 9.96. The van der Waals surface area contributed by atoms with E-state index in [-0.39, 0.29) is 11.8 Å². The van der Waals surface area contributed by atoms with Crippen LogP contribution in [0.3, 0.4) is 0 Å². The predicted molar refractivity (Wildman–Crippen MR) is 107 cm³/mol. The van der Waals surface area contributed by atoms with E-state index in [4.69, 9.17) is 0 Å². The number of piperidine rings is 1. The summed E-state index contributed by atoms with van der Waals surface area (Å²) in [6.45, 7) is 5.78. The molecule has 1 aromatic carbocycles. The Kier molecular flexibility index (Phi) is 4.59. The van der Waals surface area contributed by atoms with Crippen LogP contribution < -0.4 is 10.2 Å². The summed E-state index contributed by atoms with van der Waals surface area (Å²) in [5, 5.41) is 4.83. The van der Waals surface area contributed by atoms with Gasteiger partial charge in [-0.15, -0.1) is 11.3 Å². The molecule has 2 aromatic heterocycles. The average molecular weight is 366 g/mol. The second-order valence-corrected chi connectivity index (χ2v) is 8.14. The maximum absolute atomic E-state index is 12.7. The van der Waals surface area contributed by atoms with E-state index in [1.807, 2.05) is 13.1 Å². The number of hydrogen-bond donors (Lipinski definition) is 1. The van der Waals surface area contributed by atoms with Gasteiger partial charge in [-0.05, 0) is 44.9 Å². The molecule has 0 saturated carbocycles. The second-order valence-electron chi connectivity index (χ2n) is 6.90. The van der Waals surface area contributed by atoms with Crippen molar-refractivity contribution in [2.45, 2.75) is 26.7 Å². The van der Waals surface area contributed by atoms with E-state index in [9.17, 15) is 4.79 Å². The Labute approximate surface area is 157 Å². The zero-order valence-corrected chi connectivity index (χ0v) is 15.8. The monoisotopic (exact) mass is 366 g/mol. The number of pyridine rings is 1. The number of aryl methyl sites for hydroxylation is 2. The van der Waals surface area contributed by atoms with Crippen molar-refractivity contribution in [1.29, 1.82) is 0 Å². The zero-order chi connectivity index (χ0) is 18.1. The molecule has 1 aliphatic heterocycles. The van der Waals surface area contributed by atoms with Gasteiger partial charge in [0.25, 0.3) is 0 Å². The first-order valence-electron chi connectivity index (χ1n) is 8.94. The van der Waals surface area contributed by atoms with Crippen molar-refractivity contribution < 1.29 is 4.79 Å². The first-order chi connectivity index (χ1) is 12.6. The highest BCUT2D eigenvalue weighted by molar-refractivity contribution is 7.15. The van der Waals surface area contributed by atoms with Gasteiger partial charge in [-0.2, -0.15) is 0 Å². The fourth-order valence-electron chi connectivity index (χ4n) is 3.55. The van der Waals surface area contributed by atoms with E-state index in [1.165, 1.54) is 22.6 Å². The van der Waals surface area contributed by atoms with Crippen LogP contribution in [0.4, 0.5) is 10.8 Å². The molecule has 0 aliphatic carbocycles. The molecule has 0 radical (unpaired) electrons. The molecule has 0 bridgehead atoms. The Bertz CT molecular complexity index is 952. The second kappa shape index (κ2) is 7.03. The number of hydrogen-bond acceptors (Lipinski definition) is 5. The number of aromatic nitrogens is 2. The van der Waals surface area contributed by atoms with E-state index < -0.39 is 0 Å². The molecule has 6 heteroatoms. The molecule has 26 heavy (non-hydrogen) atoms. The molecule has 1 saturated heterocycles. The van der Waals surface area contributed by atoms with Crippen LogP contribution in [0.25, 0.3) is 10.9 Å². The summed E-state index contributed by atoms with van der Waals surface area (Å²) in [6.07, 6.45) is 5.56. The largest absolute Gasteiger partial charge is 0.370 e. The van der Waals surface area contributed by atoms with Gasteiger partial charge in [-0.25, -0.2) is 4.98 Å². The summed E-state index contributed by atoms with van der Waals surface area (Å²) >= 11 is 1.52. The van der Waals surface area contributed by atoms with Crippen LogP contribution in [0.5, 0.6) is 0 Å². The molecule has 1 atom stereocenters. The highest BCUT2D eigenvalue weighted by Gasteiger charge is 2.27. The number of anilines is 2. The van der Waals surface area contributed by atoms with Gasteiger partial charge in [-0.3, -0.25) is 9.78 Å². The summed E-state index contributed by atoms with van der Waals surface area (Å²) in [6, 6.07) is 8.39. The molecular formula is C20H22N4OS. The number of thiazole rings is 1. The molecule has 5 nitrogen and oxygen atoms in total. The number of benzene rings is 1.